The van der Waals surface area contributed by atoms with Crippen molar-refractivity contribution in [2.45, 2.75) is 19.9 Å². The van der Waals surface area contributed by atoms with Gasteiger partial charge in [-0.1, -0.05) is 19.1 Å². The second-order valence-corrected chi connectivity index (χ2v) is 5.36. The molecule has 18 heavy (non-hydrogen) atoms. The molecule has 2 aromatic rings. The van der Waals surface area contributed by atoms with Gasteiger partial charge in [-0.05, 0) is 18.6 Å². The number of nitrogens with zero attached hydrogens (tertiary/aromatic N) is 2. The van der Waals surface area contributed by atoms with Crippen LogP contribution in [0.15, 0.2) is 24.5 Å². The van der Waals surface area contributed by atoms with Gasteiger partial charge in [0.05, 0.1) is 6.54 Å². The second kappa shape index (κ2) is 5.88. The molecule has 0 aromatic carbocycles. The van der Waals surface area contributed by atoms with Crippen LogP contribution in [-0.4, -0.2) is 15.0 Å². The Morgan fingerprint density at radius 2 is 2.22 bits per heavy atom. The van der Waals surface area contributed by atoms with Crippen LogP contribution < -0.4 is 11.1 Å². The lowest BCUT2D eigenvalue weighted by Crippen LogP contribution is -2.10. The Morgan fingerprint density at radius 1 is 1.39 bits per heavy atom. The smallest absolute Gasteiger partial charge is 0.126 e. The summed E-state index contributed by atoms with van der Waals surface area (Å²) in [5.74, 6) is 0.795. The van der Waals surface area contributed by atoms with Gasteiger partial charge in [0.1, 0.15) is 15.8 Å². The minimum atomic E-state index is 0.363. The van der Waals surface area contributed by atoms with E-state index in [9.17, 15) is 0 Å². The zero-order valence-electron chi connectivity index (χ0n) is 10.0. The van der Waals surface area contributed by atoms with Gasteiger partial charge in [0.15, 0.2) is 0 Å². The number of hydrogen-bond acceptors (Lipinski definition) is 5. The molecule has 6 heteroatoms. The van der Waals surface area contributed by atoms with E-state index < -0.39 is 0 Å². The largest absolute Gasteiger partial charge is 0.389 e. The van der Waals surface area contributed by atoms with Crippen molar-refractivity contribution in [2.24, 2.45) is 5.73 Å². The lowest BCUT2D eigenvalue weighted by molar-refractivity contribution is 1.07. The number of pyridine rings is 1. The third-order valence-electron chi connectivity index (χ3n) is 2.42. The number of aryl methyl sites for hydroxylation is 1. The van der Waals surface area contributed by atoms with Crippen molar-refractivity contribution >= 4 is 34.4 Å². The number of anilines is 1. The van der Waals surface area contributed by atoms with E-state index in [4.69, 9.17) is 18.0 Å². The van der Waals surface area contributed by atoms with Gasteiger partial charge in [-0.2, -0.15) is 0 Å². The molecular formula is C12H14N4S2. The van der Waals surface area contributed by atoms with Gasteiger partial charge in [-0.15, -0.1) is 11.3 Å². The van der Waals surface area contributed by atoms with Crippen LogP contribution in [0, 0.1) is 0 Å². The van der Waals surface area contributed by atoms with Crippen molar-refractivity contribution in [1.29, 1.82) is 0 Å². The van der Waals surface area contributed by atoms with Crippen LogP contribution in [0.5, 0.6) is 0 Å². The Kier molecular flexibility index (Phi) is 4.22. The number of thiocarbonyl (C=S) groups is 1. The maximum atomic E-state index is 5.51. The molecule has 0 saturated carbocycles. The first kappa shape index (κ1) is 12.9. The van der Waals surface area contributed by atoms with Gasteiger partial charge >= 0.3 is 0 Å². The molecule has 0 amide bonds. The summed E-state index contributed by atoms with van der Waals surface area (Å²) in [6, 6.07) is 3.72. The summed E-state index contributed by atoms with van der Waals surface area (Å²) in [6.07, 6.45) is 4.62. The molecule has 0 aliphatic carbocycles. The lowest BCUT2D eigenvalue weighted by Gasteiger charge is -2.04. The van der Waals surface area contributed by atoms with Crippen molar-refractivity contribution in [1.82, 2.24) is 9.97 Å². The van der Waals surface area contributed by atoms with E-state index in [1.165, 1.54) is 4.88 Å². The molecule has 0 fully saturated rings. The van der Waals surface area contributed by atoms with Crippen LogP contribution >= 0.6 is 23.6 Å². The average Bonchev–Trinajstić information content (AvgIpc) is 2.85. The predicted octanol–water partition coefficient (Wildman–Crippen LogP) is 2.35. The van der Waals surface area contributed by atoms with Crippen LogP contribution in [0.3, 0.4) is 0 Å². The monoisotopic (exact) mass is 278 g/mol. The molecule has 2 rings (SSSR count). The van der Waals surface area contributed by atoms with Crippen LogP contribution in [0.4, 0.5) is 5.82 Å². The molecule has 2 aromatic heterocycles. The van der Waals surface area contributed by atoms with E-state index in [0.29, 0.717) is 11.5 Å². The van der Waals surface area contributed by atoms with Gasteiger partial charge in [-0.3, -0.25) is 0 Å². The summed E-state index contributed by atoms with van der Waals surface area (Å²) in [4.78, 5) is 10.2. The van der Waals surface area contributed by atoms with Crippen LogP contribution in [0.25, 0.3) is 0 Å². The van der Waals surface area contributed by atoms with E-state index in [2.05, 4.69) is 22.2 Å². The van der Waals surface area contributed by atoms with Crippen molar-refractivity contribution in [3.63, 3.8) is 0 Å². The second-order valence-electron chi connectivity index (χ2n) is 3.72. The summed E-state index contributed by atoms with van der Waals surface area (Å²) in [5.41, 5.74) is 6.29. The molecule has 0 bridgehead atoms. The molecule has 94 valence electrons. The topological polar surface area (TPSA) is 63.8 Å². The Balaban J connectivity index is 1.95. The van der Waals surface area contributed by atoms with Gasteiger partial charge < -0.3 is 11.1 Å². The molecule has 0 aliphatic heterocycles. The van der Waals surface area contributed by atoms with Crippen LogP contribution in [0.1, 0.15) is 22.4 Å². The van der Waals surface area contributed by atoms with E-state index >= 15 is 0 Å². The fourth-order valence-corrected chi connectivity index (χ4v) is 2.33. The zero-order valence-corrected chi connectivity index (χ0v) is 11.6. The van der Waals surface area contributed by atoms with E-state index in [1.54, 1.807) is 17.5 Å². The molecule has 0 spiro atoms. The Labute approximate surface area is 115 Å². The number of thiazole rings is 1. The normalized spacial score (nSPS) is 10.3. The summed E-state index contributed by atoms with van der Waals surface area (Å²) >= 11 is 6.59. The first-order chi connectivity index (χ1) is 8.69. The maximum Gasteiger partial charge on any atom is 0.126 e. The number of hydrogen-bond donors (Lipinski definition) is 2. The molecule has 0 aliphatic rings. The average molecular weight is 278 g/mol. The molecule has 4 nitrogen and oxygen atoms in total. The molecule has 0 atom stereocenters. The Bertz CT molecular complexity index is 533. The molecule has 2 heterocycles. The minimum Gasteiger partial charge on any atom is -0.389 e. The standard InChI is InChI=1S/C12H14N4S2/c1-2-9-6-16-11(18-9)7-15-10-4-3-8(5-14-10)12(13)17/h3-6H,2,7H2,1H3,(H2,13,17)(H,14,15). The first-order valence-corrected chi connectivity index (χ1v) is 6.85. The summed E-state index contributed by atoms with van der Waals surface area (Å²) < 4.78 is 0. The highest BCUT2D eigenvalue weighted by Gasteiger charge is 2.02. The zero-order chi connectivity index (χ0) is 13.0. The molecule has 0 radical (unpaired) electrons. The van der Waals surface area contributed by atoms with Crippen molar-refractivity contribution in [3.8, 4) is 0 Å². The highest BCUT2D eigenvalue weighted by Crippen LogP contribution is 2.14. The Morgan fingerprint density at radius 3 is 2.78 bits per heavy atom. The van der Waals surface area contributed by atoms with Gasteiger partial charge in [-0.25, -0.2) is 9.97 Å². The number of aromatic nitrogens is 2. The quantitative estimate of drug-likeness (QED) is 0.822. The molecule has 0 unspecified atom stereocenters. The molecule has 3 N–H and O–H groups in total. The summed E-state index contributed by atoms with van der Waals surface area (Å²) in [6.45, 7) is 2.81. The van der Waals surface area contributed by atoms with Crippen LogP contribution in [0.2, 0.25) is 0 Å². The van der Waals surface area contributed by atoms with Crippen molar-refractivity contribution in [3.05, 3.63) is 40.0 Å². The summed E-state index contributed by atoms with van der Waals surface area (Å²) in [5, 5.41) is 4.28. The lowest BCUT2D eigenvalue weighted by atomic mass is 10.3. The molecular weight excluding hydrogens is 264 g/mol. The SMILES string of the molecule is CCc1cnc(CNc2ccc(C(N)=S)cn2)s1. The van der Waals surface area contributed by atoms with Crippen molar-refractivity contribution < 1.29 is 0 Å². The van der Waals surface area contributed by atoms with Crippen molar-refractivity contribution in [2.75, 3.05) is 5.32 Å². The Hall–Kier alpha value is -1.53. The molecule has 0 saturated heterocycles. The first-order valence-electron chi connectivity index (χ1n) is 5.62. The fraction of sp³-hybridized carbons (Fsp3) is 0.250. The van der Waals surface area contributed by atoms with E-state index in [1.807, 2.05) is 18.3 Å². The van der Waals surface area contributed by atoms with Gasteiger partial charge in [0.25, 0.3) is 0 Å². The minimum absolute atomic E-state index is 0.363. The number of nitrogens with one attached hydrogen (secondary N) is 1. The number of rotatable bonds is 5. The fourth-order valence-electron chi connectivity index (χ4n) is 1.40. The maximum absolute atomic E-state index is 5.51. The highest BCUT2D eigenvalue weighted by atomic mass is 32.1. The van der Waals surface area contributed by atoms with Crippen LogP contribution in [-0.2, 0) is 13.0 Å². The third kappa shape index (κ3) is 3.24. The highest BCUT2D eigenvalue weighted by molar-refractivity contribution is 7.80. The van der Waals surface area contributed by atoms with Gasteiger partial charge in [0.2, 0.25) is 0 Å². The predicted molar refractivity (Wildman–Crippen MR) is 78.9 cm³/mol. The third-order valence-corrected chi connectivity index (χ3v) is 3.80. The van der Waals surface area contributed by atoms with E-state index in [-0.39, 0.29) is 0 Å². The van der Waals surface area contributed by atoms with E-state index in [0.717, 1.165) is 22.8 Å². The van der Waals surface area contributed by atoms with Gasteiger partial charge in [0, 0.05) is 22.8 Å². The summed E-state index contributed by atoms with van der Waals surface area (Å²) in [7, 11) is 0. The number of nitrogens with two attached hydrogens (primary N) is 1.